The molecule has 86 valence electrons. The molecular formula is C12H17N3O. The smallest absolute Gasteiger partial charge is 0.138 e. The molecule has 0 atom stereocenters. The Bertz CT molecular complexity index is 371. The van der Waals surface area contributed by atoms with Gasteiger partial charge in [0.15, 0.2) is 0 Å². The van der Waals surface area contributed by atoms with Gasteiger partial charge in [-0.1, -0.05) is 0 Å². The minimum absolute atomic E-state index is 0.232. The lowest BCUT2D eigenvalue weighted by atomic mass is 10.2. The third-order valence-electron chi connectivity index (χ3n) is 2.27. The Kier molecular flexibility index (Phi) is 5.30. The number of nitrogens with one attached hydrogen (secondary N) is 1. The fourth-order valence-electron chi connectivity index (χ4n) is 1.39. The Balaban J connectivity index is 2.27. The second-order valence-corrected chi connectivity index (χ2v) is 3.71. The number of nitriles is 1. The lowest BCUT2D eigenvalue weighted by Gasteiger charge is -2.06. The van der Waals surface area contributed by atoms with E-state index in [0.29, 0.717) is 18.7 Å². The van der Waals surface area contributed by atoms with E-state index in [2.05, 4.69) is 16.4 Å². The van der Waals surface area contributed by atoms with Gasteiger partial charge in [0.1, 0.15) is 5.75 Å². The van der Waals surface area contributed by atoms with Crippen LogP contribution in [0.25, 0.3) is 0 Å². The third-order valence-corrected chi connectivity index (χ3v) is 2.27. The zero-order chi connectivity index (χ0) is 11.8. The quantitative estimate of drug-likeness (QED) is 0.717. The van der Waals surface area contributed by atoms with Gasteiger partial charge in [-0.3, -0.25) is 4.98 Å². The highest BCUT2D eigenvalue weighted by atomic mass is 16.3. The number of unbranched alkanes of at least 4 members (excludes halogenated alkanes) is 2. The number of rotatable bonds is 6. The topological polar surface area (TPSA) is 68.9 Å². The van der Waals surface area contributed by atoms with Crippen molar-refractivity contribution in [3.63, 3.8) is 0 Å². The minimum Gasteiger partial charge on any atom is -0.506 e. The number of aryl methyl sites for hydroxylation is 1. The molecule has 1 aromatic heterocycles. The summed E-state index contributed by atoms with van der Waals surface area (Å²) >= 11 is 0. The van der Waals surface area contributed by atoms with Crippen molar-refractivity contribution in [1.29, 1.82) is 5.26 Å². The van der Waals surface area contributed by atoms with E-state index in [0.717, 1.165) is 25.1 Å². The SMILES string of the molecule is Cc1ccc(O)c(CNCCCCC#N)n1. The van der Waals surface area contributed by atoms with Crippen LogP contribution >= 0.6 is 0 Å². The molecule has 0 bridgehead atoms. The van der Waals surface area contributed by atoms with Crippen molar-refractivity contribution < 1.29 is 5.11 Å². The molecule has 0 aliphatic heterocycles. The van der Waals surface area contributed by atoms with Crippen LogP contribution in [0.5, 0.6) is 5.75 Å². The second kappa shape index (κ2) is 6.81. The Morgan fingerprint density at radius 2 is 2.25 bits per heavy atom. The summed E-state index contributed by atoms with van der Waals surface area (Å²) in [4.78, 5) is 4.24. The molecule has 1 heterocycles. The van der Waals surface area contributed by atoms with Crippen LogP contribution in [0.3, 0.4) is 0 Å². The van der Waals surface area contributed by atoms with Crippen molar-refractivity contribution in [2.24, 2.45) is 0 Å². The van der Waals surface area contributed by atoms with E-state index in [-0.39, 0.29) is 5.75 Å². The van der Waals surface area contributed by atoms with Gasteiger partial charge < -0.3 is 10.4 Å². The molecule has 0 saturated carbocycles. The summed E-state index contributed by atoms with van der Waals surface area (Å²) in [6, 6.07) is 5.56. The number of hydrogen-bond donors (Lipinski definition) is 2. The van der Waals surface area contributed by atoms with Crippen molar-refractivity contribution in [2.45, 2.75) is 32.7 Å². The fraction of sp³-hybridized carbons (Fsp3) is 0.500. The first kappa shape index (κ1) is 12.5. The van der Waals surface area contributed by atoms with Crippen LogP contribution in [-0.4, -0.2) is 16.6 Å². The Morgan fingerprint density at radius 3 is 3.00 bits per heavy atom. The Hall–Kier alpha value is -1.60. The summed E-state index contributed by atoms with van der Waals surface area (Å²) in [5.41, 5.74) is 1.58. The second-order valence-electron chi connectivity index (χ2n) is 3.71. The maximum atomic E-state index is 9.53. The van der Waals surface area contributed by atoms with Crippen LogP contribution in [0.2, 0.25) is 0 Å². The molecule has 2 N–H and O–H groups in total. The molecule has 0 aliphatic carbocycles. The monoisotopic (exact) mass is 219 g/mol. The van der Waals surface area contributed by atoms with Crippen molar-refractivity contribution in [3.8, 4) is 11.8 Å². The van der Waals surface area contributed by atoms with Crippen LogP contribution in [-0.2, 0) is 6.54 Å². The first-order valence-electron chi connectivity index (χ1n) is 5.47. The van der Waals surface area contributed by atoms with Gasteiger partial charge in [0, 0.05) is 18.7 Å². The van der Waals surface area contributed by atoms with Gasteiger partial charge in [-0.25, -0.2) is 0 Å². The van der Waals surface area contributed by atoms with Crippen LogP contribution in [0, 0.1) is 18.3 Å². The Morgan fingerprint density at radius 1 is 1.44 bits per heavy atom. The lowest BCUT2D eigenvalue weighted by Crippen LogP contribution is -2.15. The average molecular weight is 219 g/mol. The van der Waals surface area contributed by atoms with Crippen LogP contribution in [0.15, 0.2) is 12.1 Å². The average Bonchev–Trinajstić information content (AvgIpc) is 2.28. The summed E-state index contributed by atoms with van der Waals surface area (Å²) in [5, 5.41) is 21.1. The van der Waals surface area contributed by atoms with Crippen LogP contribution in [0.1, 0.15) is 30.7 Å². The molecule has 0 radical (unpaired) electrons. The molecule has 0 aliphatic rings. The molecule has 1 aromatic rings. The highest BCUT2D eigenvalue weighted by Gasteiger charge is 2.01. The predicted octanol–water partition coefficient (Wildman–Crippen LogP) is 1.88. The summed E-state index contributed by atoms with van der Waals surface area (Å²) in [6.07, 6.45) is 2.49. The lowest BCUT2D eigenvalue weighted by molar-refractivity contribution is 0.458. The molecule has 4 nitrogen and oxygen atoms in total. The van der Waals surface area contributed by atoms with Crippen molar-refractivity contribution >= 4 is 0 Å². The largest absolute Gasteiger partial charge is 0.506 e. The zero-order valence-corrected chi connectivity index (χ0v) is 9.53. The number of pyridine rings is 1. The Labute approximate surface area is 95.9 Å². The maximum absolute atomic E-state index is 9.53. The molecule has 0 fully saturated rings. The summed E-state index contributed by atoms with van der Waals surface area (Å²) < 4.78 is 0. The number of nitrogens with zero attached hydrogens (tertiary/aromatic N) is 2. The van der Waals surface area contributed by atoms with Gasteiger partial charge in [-0.15, -0.1) is 0 Å². The number of hydrogen-bond acceptors (Lipinski definition) is 4. The van der Waals surface area contributed by atoms with E-state index in [4.69, 9.17) is 5.26 Å². The van der Waals surface area contributed by atoms with E-state index < -0.39 is 0 Å². The number of aromatic nitrogens is 1. The predicted molar refractivity (Wildman–Crippen MR) is 61.8 cm³/mol. The molecular weight excluding hydrogens is 202 g/mol. The molecule has 16 heavy (non-hydrogen) atoms. The van der Waals surface area contributed by atoms with E-state index in [1.807, 2.05) is 6.92 Å². The van der Waals surface area contributed by atoms with Gasteiger partial charge in [0.05, 0.1) is 11.8 Å². The van der Waals surface area contributed by atoms with Gasteiger partial charge in [-0.2, -0.15) is 5.26 Å². The molecule has 1 rings (SSSR count). The van der Waals surface area contributed by atoms with E-state index in [1.54, 1.807) is 12.1 Å². The molecule has 0 unspecified atom stereocenters. The highest BCUT2D eigenvalue weighted by molar-refractivity contribution is 5.27. The summed E-state index contributed by atoms with van der Waals surface area (Å²) in [7, 11) is 0. The van der Waals surface area contributed by atoms with E-state index in [1.165, 1.54) is 0 Å². The minimum atomic E-state index is 0.232. The maximum Gasteiger partial charge on any atom is 0.138 e. The number of aromatic hydroxyl groups is 1. The van der Waals surface area contributed by atoms with Gasteiger partial charge in [-0.05, 0) is 38.4 Å². The highest BCUT2D eigenvalue weighted by Crippen LogP contribution is 2.13. The van der Waals surface area contributed by atoms with Gasteiger partial charge in [0.25, 0.3) is 0 Å². The molecule has 0 aromatic carbocycles. The van der Waals surface area contributed by atoms with Gasteiger partial charge >= 0.3 is 0 Å². The fourth-order valence-corrected chi connectivity index (χ4v) is 1.39. The standard InChI is InChI=1S/C12H17N3O/c1-10-5-6-12(16)11(15-10)9-14-8-4-2-3-7-13/h5-6,14,16H,2-4,8-9H2,1H3. The summed E-state index contributed by atoms with van der Waals surface area (Å²) in [5.74, 6) is 0.232. The normalized spacial score (nSPS) is 10.0. The van der Waals surface area contributed by atoms with Crippen LogP contribution in [0.4, 0.5) is 0 Å². The van der Waals surface area contributed by atoms with E-state index >= 15 is 0 Å². The van der Waals surface area contributed by atoms with Crippen molar-refractivity contribution in [1.82, 2.24) is 10.3 Å². The molecule has 4 heteroatoms. The molecule has 0 spiro atoms. The first-order valence-corrected chi connectivity index (χ1v) is 5.47. The van der Waals surface area contributed by atoms with Crippen LogP contribution < -0.4 is 5.32 Å². The molecule has 0 amide bonds. The van der Waals surface area contributed by atoms with Crippen molar-refractivity contribution in [2.75, 3.05) is 6.54 Å². The zero-order valence-electron chi connectivity index (χ0n) is 9.53. The van der Waals surface area contributed by atoms with Crippen molar-refractivity contribution in [3.05, 3.63) is 23.5 Å². The summed E-state index contributed by atoms with van der Waals surface area (Å²) in [6.45, 7) is 3.31. The third kappa shape index (κ3) is 4.28. The molecule has 0 saturated heterocycles. The first-order chi connectivity index (χ1) is 7.74. The van der Waals surface area contributed by atoms with E-state index in [9.17, 15) is 5.11 Å². The van der Waals surface area contributed by atoms with Gasteiger partial charge in [0.2, 0.25) is 0 Å².